The summed E-state index contributed by atoms with van der Waals surface area (Å²) in [6.45, 7) is 2.83. The van der Waals surface area contributed by atoms with Crippen LogP contribution in [0.5, 0.6) is 0 Å². The van der Waals surface area contributed by atoms with Gasteiger partial charge in [-0.25, -0.2) is 4.98 Å². The lowest BCUT2D eigenvalue weighted by Crippen LogP contribution is -2.32. The molecule has 0 aliphatic heterocycles. The second kappa shape index (κ2) is 7.17. The van der Waals surface area contributed by atoms with Gasteiger partial charge in [0.1, 0.15) is 6.33 Å². The maximum atomic E-state index is 5.54. The zero-order valence-electron chi connectivity index (χ0n) is 12.3. The van der Waals surface area contributed by atoms with Gasteiger partial charge in [-0.2, -0.15) is 5.10 Å². The van der Waals surface area contributed by atoms with E-state index in [0.29, 0.717) is 0 Å². The summed E-state index contributed by atoms with van der Waals surface area (Å²) in [4.78, 5) is 4.25. The SMILES string of the molecule is COC(CNC(C)c1ncn(C)n1)Cc1ccccc1. The Kier molecular flexibility index (Phi) is 5.26. The summed E-state index contributed by atoms with van der Waals surface area (Å²) in [5, 5.41) is 7.72. The molecule has 5 heteroatoms. The molecule has 0 amide bonds. The van der Waals surface area contributed by atoms with Crippen molar-refractivity contribution < 1.29 is 4.74 Å². The van der Waals surface area contributed by atoms with Gasteiger partial charge in [0.15, 0.2) is 5.82 Å². The number of hydrogen-bond acceptors (Lipinski definition) is 4. The van der Waals surface area contributed by atoms with Crippen LogP contribution < -0.4 is 5.32 Å². The first-order valence-corrected chi connectivity index (χ1v) is 6.84. The summed E-state index contributed by atoms with van der Waals surface area (Å²) in [7, 11) is 3.62. The maximum Gasteiger partial charge on any atom is 0.167 e. The Hall–Kier alpha value is -1.72. The third-order valence-electron chi connectivity index (χ3n) is 3.30. The lowest BCUT2D eigenvalue weighted by Gasteiger charge is -2.18. The molecule has 0 radical (unpaired) electrons. The van der Waals surface area contributed by atoms with Crippen molar-refractivity contribution in [1.29, 1.82) is 0 Å². The highest BCUT2D eigenvalue weighted by Gasteiger charge is 2.13. The zero-order valence-corrected chi connectivity index (χ0v) is 12.3. The minimum atomic E-state index is 0.115. The Bertz CT molecular complexity index is 512. The fourth-order valence-electron chi connectivity index (χ4n) is 2.07. The van der Waals surface area contributed by atoms with Gasteiger partial charge >= 0.3 is 0 Å². The molecule has 0 aliphatic rings. The number of ether oxygens (including phenoxy) is 1. The predicted molar refractivity (Wildman–Crippen MR) is 78.4 cm³/mol. The van der Waals surface area contributed by atoms with Crippen molar-refractivity contribution in [2.45, 2.75) is 25.5 Å². The second-order valence-corrected chi connectivity index (χ2v) is 4.95. The maximum absolute atomic E-state index is 5.54. The number of aryl methyl sites for hydroxylation is 1. The van der Waals surface area contributed by atoms with Gasteiger partial charge in [0.25, 0.3) is 0 Å². The Balaban J connectivity index is 1.84. The van der Waals surface area contributed by atoms with Gasteiger partial charge in [-0.15, -0.1) is 0 Å². The van der Waals surface area contributed by atoms with Crippen LogP contribution in [0, 0.1) is 0 Å². The summed E-state index contributed by atoms with van der Waals surface area (Å²) < 4.78 is 7.25. The van der Waals surface area contributed by atoms with Crippen molar-refractivity contribution in [1.82, 2.24) is 20.1 Å². The standard InChI is InChI=1S/C15H22N4O/c1-12(15-17-11-19(2)18-15)16-10-14(20-3)9-13-7-5-4-6-8-13/h4-8,11-12,14,16H,9-10H2,1-3H3. The minimum absolute atomic E-state index is 0.115. The Morgan fingerprint density at radius 3 is 2.65 bits per heavy atom. The van der Waals surface area contributed by atoms with Gasteiger partial charge in [-0.3, -0.25) is 4.68 Å². The molecular weight excluding hydrogens is 252 g/mol. The van der Waals surface area contributed by atoms with Gasteiger partial charge < -0.3 is 10.1 Å². The van der Waals surface area contributed by atoms with Crippen LogP contribution in [0.25, 0.3) is 0 Å². The highest BCUT2D eigenvalue weighted by Crippen LogP contribution is 2.08. The van der Waals surface area contributed by atoms with Crippen LogP contribution in [-0.4, -0.2) is 34.5 Å². The fourth-order valence-corrected chi connectivity index (χ4v) is 2.07. The van der Waals surface area contributed by atoms with Crippen LogP contribution >= 0.6 is 0 Å². The van der Waals surface area contributed by atoms with E-state index >= 15 is 0 Å². The first-order chi connectivity index (χ1) is 9.69. The molecule has 0 saturated heterocycles. The number of nitrogens with one attached hydrogen (secondary N) is 1. The molecule has 1 N–H and O–H groups in total. The largest absolute Gasteiger partial charge is 0.380 e. The second-order valence-electron chi connectivity index (χ2n) is 4.95. The summed E-state index contributed by atoms with van der Waals surface area (Å²) >= 11 is 0. The van der Waals surface area contributed by atoms with E-state index in [-0.39, 0.29) is 12.1 Å². The van der Waals surface area contributed by atoms with E-state index in [0.717, 1.165) is 18.8 Å². The molecule has 0 aliphatic carbocycles. The fraction of sp³-hybridized carbons (Fsp3) is 0.467. The van der Waals surface area contributed by atoms with Gasteiger partial charge in [0.2, 0.25) is 0 Å². The van der Waals surface area contributed by atoms with Crippen LogP contribution in [0.3, 0.4) is 0 Å². The molecule has 0 saturated carbocycles. The molecular formula is C15H22N4O. The molecule has 2 rings (SSSR count). The van der Waals surface area contributed by atoms with Gasteiger partial charge in [0.05, 0.1) is 12.1 Å². The number of benzene rings is 1. The number of rotatable bonds is 7. The lowest BCUT2D eigenvalue weighted by molar-refractivity contribution is 0.0994. The Labute approximate surface area is 120 Å². The van der Waals surface area contributed by atoms with E-state index in [1.807, 2.05) is 13.1 Å². The van der Waals surface area contributed by atoms with Gasteiger partial charge in [0, 0.05) is 20.7 Å². The monoisotopic (exact) mass is 274 g/mol. The van der Waals surface area contributed by atoms with Crippen LogP contribution in [0.4, 0.5) is 0 Å². The van der Waals surface area contributed by atoms with Crippen molar-refractivity contribution >= 4 is 0 Å². The zero-order chi connectivity index (χ0) is 14.4. The highest BCUT2D eigenvalue weighted by atomic mass is 16.5. The average molecular weight is 274 g/mol. The van der Waals surface area contributed by atoms with E-state index in [1.54, 1.807) is 18.1 Å². The van der Waals surface area contributed by atoms with Crippen molar-refractivity contribution in [2.75, 3.05) is 13.7 Å². The quantitative estimate of drug-likeness (QED) is 0.835. The molecule has 0 bridgehead atoms. The first kappa shape index (κ1) is 14.7. The molecule has 2 atom stereocenters. The van der Waals surface area contributed by atoms with Crippen molar-refractivity contribution in [3.05, 3.63) is 48.0 Å². The van der Waals surface area contributed by atoms with Crippen LogP contribution in [0.1, 0.15) is 24.4 Å². The van der Waals surface area contributed by atoms with Gasteiger partial charge in [-0.05, 0) is 18.9 Å². The first-order valence-electron chi connectivity index (χ1n) is 6.84. The molecule has 1 heterocycles. The van der Waals surface area contributed by atoms with Crippen molar-refractivity contribution in [2.24, 2.45) is 7.05 Å². The smallest absolute Gasteiger partial charge is 0.167 e. The molecule has 5 nitrogen and oxygen atoms in total. The molecule has 2 aromatic rings. The predicted octanol–water partition coefficient (Wildman–Crippen LogP) is 1.72. The van der Waals surface area contributed by atoms with E-state index in [2.05, 4.69) is 46.6 Å². The van der Waals surface area contributed by atoms with E-state index in [9.17, 15) is 0 Å². The molecule has 0 fully saturated rings. The number of methoxy groups -OCH3 is 1. The molecule has 0 spiro atoms. The van der Waals surface area contributed by atoms with Crippen molar-refractivity contribution in [3.63, 3.8) is 0 Å². The van der Waals surface area contributed by atoms with Crippen LogP contribution in [-0.2, 0) is 18.2 Å². The summed E-state index contributed by atoms with van der Waals surface area (Å²) in [6.07, 6.45) is 2.75. The van der Waals surface area contributed by atoms with E-state index in [4.69, 9.17) is 4.74 Å². The third kappa shape index (κ3) is 4.15. The van der Waals surface area contributed by atoms with Crippen LogP contribution in [0.2, 0.25) is 0 Å². The Morgan fingerprint density at radius 1 is 1.30 bits per heavy atom. The molecule has 20 heavy (non-hydrogen) atoms. The summed E-state index contributed by atoms with van der Waals surface area (Å²) in [5.74, 6) is 0.807. The number of hydrogen-bond donors (Lipinski definition) is 1. The molecule has 1 aromatic carbocycles. The summed E-state index contributed by atoms with van der Waals surface area (Å²) in [6, 6.07) is 10.5. The minimum Gasteiger partial charge on any atom is -0.380 e. The highest BCUT2D eigenvalue weighted by molar-refractivity contribution is 5.15. The topological polar surface area (TPSA) is 52.0 Å². The van der Waals surface area contributed by atoms with Crippen molar-refractivity contribution in [3.8, 4) is 0 Å². The number of aromatic nitrogens is 3. The Morgan fingerprint density at radius 2 is 2.05 bits per heavy atom. The molecule has 108 valence electrons. The van der Waals surface area contributed by atoms with Crippen LogP contribution in [0.15, 0.2) is 36.7 Å². The summed E-state index contributed by atoms with van der Waals surface area (Å²) in [5.41, 5.74) is 1.28. The van der Waals surface area contributed by atoms with E-state index < -0.39 is 0 Å². The lowest BCUT2D eigenvalue weighted by atomic mass is 10.1. The molecule has 2 unspecified atom stereocenters. The third-order valence-corrected chi connectivity index (χ3v) is 3.30. The van der Waals surface area contributed by atoms with Gasteiger partial charge in [-0.1, -0.05) is 30.3 Å². The average Bonchev–Trinajstić information content (AvgIpc) is 2.91. The molecule has 1 aromatic heterocycles. The van der Waals surface area contributed by atoms with E-state index in [1.165, 1.54) is 5.56 Å². The normalized spacial score (nSPS) is 14.2. The number of nitrogens with zero attached hydrogens (tertiary/aromatic N) is 3.